The molecule has 2 aliphatic rings. The van der Waals surface area contributed by atoms with Gasteiger partial charge in [0.15, 0.2) is 5.96 Å². The van der Waals surface area contributed by atoms with Crippen LogP contribution in [0, 0.1) is 0 Å². The summed E-state index contributed by atoms with van der Waals surface area (Å²) in [5, 5.41) is 7.05. The Labute approximate surface area is 163 Å². The van der Waals surface area contributed by atoms with Crippen LogP contribution in [-0.2, 0) is 10.2 Å². The number of nitrogens with zero attached hydrogens (tertiary/aromatic N) is 2. The number of primary amides is 1. The van der Waals surface area contributed by atoms with Gasteiger partial charge in [0.05, 0.1) is 6.54 Å². The summed E-state index contributed by atoms with van der Waals surface area (Å²) >= 11 is 3.69. The zero-order valence-corrected chi connectivity index (χ0v) is 16.9. The van der Waals surface area contributed by atoms with Gasteiger partial charge in [-0.1, -0.05) is 34.1 Å². The summed E-state index contributed by atoms with van der Waals surface area (Å²) in [6, 6.07) is 8.87. The van der Waals surface area contributed by atoms with E-state index >= 15 is 0 Å². The summed E-state index contributed by atoms with van der Waals surface area (Å²) in [6.07, 6.45) is 4.38. The molecule has 0 unspecified atom stereocenters. The number of guanidine groups is 1. The predicted octanol–water partition coefficient (Wildman–Crippen LogP) is 1.60. The summed E-state index contributed by atoms with van der Waals surface area (Å²) < 4.78 is 1.18. The number of rotatable bonds is 6. The van der Waals surface area contributed by atoms with Gasteiger partial charge >= 0.3 is 0 Å². The van der Waals surface area contributed by atoms with E-state index in [2.05, 4.69) is 60.7 Å². The fourth-order valence-corrected chi connectivity index (χ4v) is 4.39. The molecular weight excluding hydrogens is 394 g/mol. The van der Waals surface area contributed by atoms with Crippen molar-refractivity contribution in [3.63, 3.8) is 0 Å². The van der Waals surface area contributed by atoms with Gasteiger partial charge in [0.1, 0.15) is 0 Å². The van der Waals surface area contributed by atoms with Crippen LogP contribution in [-0.4, -0.2) is 56.0 Å². The van der Waals surface area contributed by atoms with E-state index in [0.717, 1.165) is 38.4 Å². The number of carbonyl (C=O) groups excluding carboxylic acids is 1. The molecule has 0 aromatic heterocycles. The molecule has 4 N–H and O–H groups in total. The van der Waals surface area contributed by atoms with Crippen molar-refractivity contribution in [1.82, 2.24) is 15.5 Å². The monoisotopic (exact) mass is 421 g/mol. The first-order chi connectivity index (χ1) is 12.5. The Bertz CT molecular complexity index is 666. The second-order valence-corrected chi connectivity index (χ2v) is 8.20. The van der Waals surface area contributed by atoms with E-state index in [1.54, 1.807) is 0 Å². The second-order valence-electron chi connectivity index (χ2n) is 7.35. The lowest BCUT2D eigenvalue weighted by molar-refractivity contribution is -0.119. The Kier molecular flexibility index (Phi) is 6.19. The van der Waals surface area contributed by atoms with Crippen molar-refractivity contribution in [3.8, 4) is 0 Å². The maximum atomic E-state index is 11.0. The van der Waals surface area contributed by atoms with Crippen LogP contribution in [0.4, 0.5) is 0 Å². The van der Waals surface area contributed by atoms with E-state index in [-0.39, 0.29) is 11.3 Å². The number of benzene rings is 1. The van der Waals surface area contributed by atoms with E-state index in [1.807, 2.05) is 7.05 Å². The Hall–Kier alpha value is -1.60. The van der Waals surface area contributed by atoms with Gasteiger partial charge in [-0.15, -0.1) is 0 Å². The minimum atomic E-state index is -0.254. The third-order valence-electron chi connectivity index (χ3n) is 5.42. The first kappa shape index (κ1) is 19.2. The molecule has 26 heavy (non-hydrogen) atoms. The number of nitrogens with two attached hydrogens (primary N) is 1. The molecule has 1 saturated heterocycles. The van der Waals surface area contributed by atoms with Gasteiger partial charge in [0.25, 0.3) is 0 Å². The van der Waals surface area contributed by atoms with Crippen molar-refractivity contribution in [1.29, 1.82) is 0 Å². The van der Waals surface area contributed by atoms with Crippen LogP contribution in [0.1, 0.15) is 31.2 Å². The molecule has 1 heterocycles. The van der Waals surface area contributed by atoms with Crippen molar-refractivity contribution in [2.75, 3.05) is 33.2 Å². The lowest BCUT2D eigenvalue weighted by atomic mass is 9.96. The van der Waals surface area contributed by atoms with Crippen molar-refractivity contribution < 1.29 is 4.79 Å². The first-order valence-electron chi connectivity index (χ1n) is 9.25. The Morgan fingerprint density at radius 3 is 2.62 bits per heavy atom. The van der Waals surface area contributed by atoms with E-state index in [1.165, 1.54) is 22.9 Å². The van der Waals surface area contributed by atoms with Gasteiger partial charge in [-0.3, -0.25) is 14.7 Å². The van der Waals surface area contributed by atoms with Crippen molar-refractivity contribution >= 4 is 27.8 Å². The highest BCUT2D eigenvalue weighted by Crippen LogP contribution is 2.49. The van der Waals surface area contributed by atoms with Gasteiger partial charge in [0.2, 0.25) is 5.91 Å². The molecule has 6 nitrogen and oxygen atoms in total. The molecule has 1 aliphatic carbocycles. The molecule has 1 aromatic carbocycles. The minimum absolute atomic E-state index is 0.211. The van der Waals surface area contributed by atoms with Gasteiger partial charge in [-0.05, 0) is 37.3 Å². The first-order valence-corrected chi connectivity index (χ1v) is 10.0. The maximum Gasteiger partial charge on any atom is 0.231 e. The molecule has 1 aliphatic heterocycles. The summed E-state index contributed by atoms with van der Waals surface area (Å²) in [5.74, 6) is 0.604. The van der Waals surface area contributed by atoms with Crippen molar-refractivity contribution in [3.05, 3.63) is 34.3 Å². The SMILES string of the molecule is CN=C(NCC1(c2ccccc2Br)CC1)NC1CCN(CC(N)=O)CC1. The van der Waals surface area contributed by atoms with Gasteiger partial charge < -0.3 is 16.4 Å². The molecule has 2 fully saturated rings. The number of carbonyl (C=O) groups is 1. The Balaban J connectivity index is 1.49. The van der Waals surface area contributed by atoms with Crippen LogP contribution in [0.5, 0.6) is 0 Å². The maximum absolute atomic E-state index is 11.0. The smallest absolute Gasteiger partial charge is 0.231 e. The third-order valence-corrected chi connectivity index (χ3v) is 6.12. The van der Waals surface area contributed by atoms with Crippen LogP contribution in [0.25, 0.3) is 0 Å². The molecule has 1 saturated carbocycles. The topological polar surface area (TPSA) is 82.8 Å². The highest BCUT2D eigenvalue weighted by Gasteiger charge is 2.45. The predicted molar refractivity (Wildman–Crippen MR) is 108 cm³/mol. The summed E-state index contributed by atoms with van der Waals surface area (Å²) in [7, 11) is 1.82. The highest BCUT2D eigenvalue weighted by molar-refractivity contribution is 9.10. The van der Waals surface area contributed by atoms with E-state index in [0.29, 0.717) is 12.6 Å². The molecule has 142 valence electrons. The molecular formula is C19H28BrN5O. The Morgan fingerprint density at radius 1 is 1.35 bits per heavy atom. The molecule has 0 atom stereocenters. The van der Waals surface area contributed by atoms with E-state index in [9.17, 15) is 4.79 Å². The number of aliphatic imine (C=N–C) groups is 1. The summed E-state index contributed by atoms with van der Waals surface area (Å²) in [5.41, 5.74) is 6.86. The van der Waals surface area contributed by atoms with Crippen LogP contribution in [0.3, 0.4) is 0 Å². The largest absolute Gasteiger partial charge is 0.369 e. The number of amides is 1. The Morgan fingerprint density at radius 2 is 2.04 bits per heavy atom. The minimum Gasteiger partial charge on any atom is -0.369 e. The average Bonchev–Trinajstić information content (AvgIpc) is 3.41. The molecule has 1 aromatic rings. The van der Waals surface area contributed by atoms with E-state index in [4.69, 9.17) is 5.73 Å². The van der Waals surface area contributed by atoms with Gasteiger partial charge in [-0.25, -0.2) is 0 Å². The van der Waals surface area contributed by atoms with Crippen molar-refractivity contribution in [2.24, 2.45) is 10.7 Å². The molecule has 0 bridgehead atoms. The second kappa shape index (κ2) is 8.39. The number of halogens is 1. The summed E-state index contributed by atoms with van der Waals surface area (Å²) in [6.45, 7) is 3.01. The van der Waals surface area contributed by atoms with E-state index < -0.39 is 0 Å². The number of likely N-dealkylation sites (tertiary alicyclic amines) is 1. The average molecular weight is 422 g/mol. The molecule has 3 rings (SSSR count). The number of piperidine rings is 1. The fraction of sp³-hybridized carbons (Fsp3) is 0.579. The molecule has 1 amide bonds. The quantitative estimate of drug-likeness (QED) is 0.481. The normalized spacial score (nSPS) is 20.6. The zero-order valence-electron chi connectivity index (χ0n) is 15.3. The van der Waals surface area contributed by atoms with Crippen LogP contribution in [0.2, 0.25) is 0 Å². The molecule has 7 heteroatoms. The number of nitrogens with one attached hydrogen (secondary N) is 2. The van der Waals surface area contributed by atoms with Gasteiger partial charge in [-0.2, -0.15) is 0 Å². The highest BCUT2D eigenvalue weighted by atomic mass is 79.9. The number of hydrogen-bond donors (Lipinski definition) is 3. The van der Waals surface area contributed by atoms with Gasteiger partial charge in [0, 0.05) is 42.6 Å². The van der Waals surface area contributed by atoms with Crippen LogP contribution < -0.4 is 16.4 Å². The fourth-order valence-electron chi connectivity index (χ4n) is 3.68. The van der Waals surface area contributed by atoms with Crippen LogP contribution >= 0.6 is 15.9 Å². The molecule has 0 radical (unpaired) electrons. The van der Waals surface area contributed by atoms with Crippen molar-refractivity contribution in [2.45, 2.75) is 37.1 Å². The lowest BCUT2D eigenvalue weighted by Gasteiger charge is -2.32. The van der Waals surface area contributed by atoms with Crippen LogP contribution in [0.15, 0.2) is 33.7 Å². The lowest BCUT2D eigenvalue weighted by Crippen LogP contribution is -2.50. The third kappa shape index (κ3) is 4.76. The molecule has 0 spiro atoms. The zero-order chi connectivity index (χ0) is 18.6. The summed E-state index contributed by atoms with van der Waals surface area (Å²) in [4.78, 5) is 17.5. The number of hydrogen-bond acceptors (Lipinski definition) is 3. The standard InChI is InChI=1S/C19H28BrN5O/c1-22-18(24-14-6-10-25(11-7-14)12-17(21)26)23-13-19(8-9-19)15-4-2-3-5-16(15)20/h2-5,14H,6-13H2,1H3,(H2,21,26)(H2,22,23,24).